The molecule has 1 aliphatic heterocycles. The number of carbonyl (C=O) groups is 2. The molecule has 0 saturated heterocycles. The van der Waals surface area contributed by atoms with Crippen LogP contribution in [0.25, 0.3) is 11.5 Å². The molecule has 2 aliphatic carbocycles. The van der Waals surface area contributed by atoms with Gasteiger partial charge in [0, 0.05) is 16.4 Å². The van der Waals surface area contributed by atoms with Crippen molar-refractivity contribution in [3.05, 3.63) is 27.9 Å². The van der Waals surface area contributed by atoms with Gasteiger partial charge < -0.3 is 24.8 Å². The Balaban J connectivity index is 0.000000472. The highest BCUT2D eigenvalue weighted by atomic mass is 32.1. The fourth-order valence-electron chi connectivity index (χ4n) is 3.45. The number of aromatic nitrogens is 2. The first-order chi connectivity index (χ1) is 14.0. The van der Waals surface area contributed by atoms with Crippen molar-refractivity contribution < 1.29 is 29.1 Å². The van der Waals surface area contributed by atoms with Crippen LogP contribution in [0.15, 0.2) is 16.2 Å². The molecule has 29 heavy (non-hydrogen) atoms. The second kappa shape index (κ2) is 8.34. The monoisotopic (exact) mass is 419 g/mol. The molecule has 0 spiro atoms. The van der Waals surface area contributed by atoms with Crippen LogP contribution in [-0.2, 0) is 22.6 Å². The first-order valence-corrected chi connectivity index (χ1v) is 10.3. The minimum atomic E-state index is -1.83. The molecule has 0 unspecified atom stereocenters. The summed E-state index contributed by atoms with van der Waals surface area (Å²) in [6.07, 6.45) is 6.16. The smallest absolute Gasteiger partial charge is 0.450 e. The normalized spacial score (nSPS) is 17.7. The first-order valence-electron chi connectivity index (χ1n) is 9.51. The molecule has 154 valence electrons. The Bertz CT molecular complexity index is 955. The first kappa shape index (κ1) is 19.6. The number of thiophene rings is 1. The average molecular weight is 419 g/mol. The molecule has 3 N–H and O–H groups in total. The summed E-state index contributed by atoms with van der Waals surface area (Å²) >= 11 is 1.57. The molecule has 0 bridgehead atoms. The highest BCUT2D eigenvalue weighted by Crippen LogP contribution is 2.44. The fourth-order valence-corrected chi connectivity index (χ4v) is 4.62. The van der Waals surface area contributed by atoms with Crippen LogP contribution in [-0.4, -0.2) is 39.0 Å². The number of allylic oxidation sites excluding steroid dienone is 1. The summed E-state index contributed by atoms with van der Waals surface area (Å²) in [5.74, 6) is 1.74. The zero-order valence-corrected chi connectivity index (χ0v) is 16.5. The van der Waals surface area contributed by atoms with Crippen molar-refractivity contribution in [1.29, 1.82) is 0 Å². The molecule has 10 heteroatoms. The minimum absolute atomic E-state index is 0.0137. The van der Waals surface area contributed by atoms with Gasteiger partial charge in [0.2, 0.25) is 0 Å². The van der Waals surface area contributed by atoms with Gasteiger partial charge in [0.25, 0.3) is 11.8 Å². The maximum Gasteiger partial charge on any atom is 0.503 e. The fraction of sp³-hybridized carbons (Fsp3) is 0.474. The summed E-state index contributed by atoms with van der Waals surface area (Å²) in [6.45, 7) is 1.26. The summed E-state index contributed by atoms with van der Waals surface area (Å²) in [4.78, 5) is 26.9. The third kappa shape index (κ3) is 4.48. The van der Waals surface area contributed by atoms with Gasteiger partial charge in [-0.1, -0.05) is 11.2 Å². The summed E-state index contributed by atoms with van der Waals surface area (Å²) in [6, 6.07) is 0. The van der Waals surface area contributed by atoms with E-state index < -0.39 is 6.16 Å². The molecule has 0 radical (unpaired) electrons. The summed E-state index contributed by atoms with van der Waals surface area (Å²) in [7, 11) is 0. The Hall–Kier alpha value is -2.72. The second-order valence-corrected chi connectivity index (χ2v) is 8.21. The molecule has 3 aliphatic rings. The Morgan fingerprint density at radius 3 is 2.72 bits per heavy atom. The molecule has 1 fully saturated rings. The number of carboxylic acid groups (broad SMARTS) is 2. The van der Waals surface area contributed by atoms with Gasteiger partial charge in [0.05, 0.1) is 18.8 Å². The summed E-state index contributed by atoms with van der Waals surface area (Å²) in [5, 5.41) is 22.0. The molecular formula is C19H21N3O6S. The summed E-state index contributed by atoms with van der Waals surface area (Å²) in [5.41, 5.74) is 2.95. The predicted molar refractivity (Wildman–Crippen MR) is 104 cm³/mol. The zero-order valence-electron chi connectivity index (χ0n) is 15.6. The number of fused-ring (bicyclic) bond motifs is 1. The zero-order chi connectivity index (χ0) is 20.4. The van der Waals surface area contributed by atoms with Gasteiger partial charge in [-0.15, -0.1) is 11.3 Å². The third-order valence-corrected chi connectivity index (χ3v) is 6.10. The number of hydrogen-bond donors (Lipinski definition) is 3. The molecule has 1 saturated carbocycles. The molecule has 5 rings (SSSR count). The second-order valence-electron chi connectivity index (χ2n) is 7.10. The summed E-state index contributed by atoms with van der Waals surface area (Å²) < 4.78 is 11.1. The van der Waals surface area contributed by atoms with Crippen LogP contribution < -0.4 is 5.32 Å². The van der Waals surface area contributed by atoms with E-state index in [1.807, 2.05) is 6.08 Å². The van der Waals surface area contributed by atoms with Crippen molar-refractivity contribution in [2.45, 2.75) is 51.0 Å². The van der Waals surface area contributed by atoms with Crippen LogP contribution >= 0.6 is 11.3 Å². The van der Waals surface area contributed by atoms with E-state index in [4.69, 9.17) is 24.3 Å². The SMILES string of the molecule is O=C(Nc1sc2c(c1-c1nc(C3CC3)no1)CCOC2)C1=CCCC1.O=C(O)O. The maximum absolute atomic E-state index is 12.6. The number of amides is 1. The number of hydrogen-bond acceptors (Lipinski definition) is 7. The van der Waals surface area contributed by atoms with Crippen molar-refractivity contribution >= 4 is 28.4 Å². The van der Waals surface area contributed by atoms with E-state index >= 15 is 0 Å². The average Bonchev–Trinajstić information content (AvgIpc) is 3.11. The van der Waals surface area contributed by atoms with E-state index in [0.29, 0.717) is 25.0 Å². The Morgan fingerprint density at radius 1 is 1.24 bits per heavy atom. The van der Waals surface area contributed by atoms with Crippen molar-refractivity contribution in [1.82, 2.24) is 10.1 Å². The Labute approximate surface area is 170 Å². The van der Waals surface area contributed by atoms with Crippen LogP contribution in [0.4, 0.5) is 9.80 Å². The van der Waals surface area contributed by atoms with Gasteiger partial charge in [-0.05, 0) is 44.1 Å². The lowest BCUT2D eigenvalue weighted by atomic mass is 10.1. The predicted octanol–water partition coefficient (Wildman–Crippen LogP) is 4.02. The van der Waals surface area contributed by atoms with Crippen LogP contribution in [0.1, 0.15) is 54.3 Å². The quantitative estimate of drug-likeness (QED) is 0.676. The number of nitrogens with one attached hydrogen (secondary N) is 1. The third-order valence-electron chi connectivity index (χ3n) is 4.98. The molecular weight excluding hydrogens is 398 g/mol. The van der Waals surface area contributed by atoms with Crippen molar-refractivity contribution in [2.24, 2.45) is 0 Å². The molecule has 9 nitrogen and oxygen atoms in total. The van der Waals surface area contributed by atoms with E-state index in [9.17, 15) is 4.79 Å². The van der Waals surface area contributed by atoms with Crippen LogP contribution in [0, 0.1) is 0 Å². The molecule has 0 aromatic carbocycles. The van der Waals surface area contributed by atoms with Crippen molar-refractivity contribution in [3.63, 3.8) is 0 Å². The van der Waals surface area contributed by atoms with Crippen molar-refractivity contribution in [2.75, 3.05) is 11.9 Å². The standard InChI is InChI=1S/C18H19N3O3S.CH2O3/c22-16(11-3-1-2-4-11)20-18-14(12-7-8-23-9-13(12)25-18)17-19-15(21-24-17)10-5-6-10;2-1(3)4/h3,10H,1-2,4-9H2,(H,20,22);(H2,2,3,4). The van der Waals surface area contributed by atoms with E-state index in [2.05, 4.69) is 15.5 Å². The molecule has 2 aromatic heterocycles. The molecule has 0 atom stereocenters. The van der Waals surface area contributed by atoms with Gasteiger partial charge in [-0.25, -0.2) is 4.79 Å². The highest BCUT2D eigenvalue weighted by Gasteiger charge is 2.32. The van der Waals surface area contributed by atoms with Gasteiger partial charge in [-0.2, -0.15) is 4.98 Å². The van der Waals surface area contributed by atoms with E-state index in [1.165, 1.54) is 5.56 Å². The van der Waals surface area contributed by atoms with E-state index in [-0.39, 0.29) is 5.91 Å². The molecule has 3 heterocycles. The minimum Gasteiger partial charge on any atom is -0.450 e. The number of carbonyl (C=O) groups excluding carboxylic acids is 1. The highest BCUT2D eigenvalue weighted by molar-refractivity contribution is 7.17. The largest absolute Gasteiger partial charge is 0.503 e. The number of rotatable bonds is 4. The molecule has 1 amide bonds. The van der Waals surface area contributed by atoms with Gasteiger partial charge in [0.15, 0.2) is 5.82 Å². The van der Waals surface area contributed by atoms with Crippen LogP contribution in [0.3, 0.4) is 0 Å². The van der Waals surface area contributed by atoms with Gasteiger partial charge in [-0.3, -0.25) is 4.79 Å². The number of ether oxygens (including phenoxy) is 1. The maximum atomic E-state index is 12.6. The number of nitrogens with zero attached hydrogens (tertiary/aromatic N) is 2. The van der Waals surface area contributed by atoms with Gasteiger partial charge >= 0.3 is 6.16 Å². The van der Waals surface area contributed by atoms with E-state index in [1.54, 1.807) is 11.3 Å². The lowest BCUT2D eigenvalue weighted by Gasteiger charge is -2.12. The van der Waals surface area contributed by atoms with Crippen LogP contribution in [0.5, 0.6) is 0 Å². The van der Waals surface area contributed by atoms with Crippen LogP contribution in [0.2, 0.25) is 0 Å². The lowest BCUT2D eigenvalue weighted by Crippen LogP contribution is -2.13. The molecule has 2 aromatic rings. The Morgan fingerprint density at radius 2 is 2.03 bits per heavy atom. The Kier molecular flexibility index (Phi) is 5.63. The number of anilines is 1. The van der Waals surface area contributed by atoms with Crippen molar-refractivity contribution in [3.8, 4) is 11.5 Å². The lowest BCUT2D eigenvalue weighted by molar-refractivity contribution is -0.112. The topological polar surface area (TPSA) is 135 Å². The van der Waals surface area contributed by atoms with E-state index in [0.717, 1.165) is 65.4 Å². The van der Waals surface area contributed by atoms with Gasteiger partial charge in [0.1, 0.15) is 5.00 Å².